The van der Waals surface area contributed by atoms with Crippen molar-refractivity contribution in [2.45, 2.75) is 31.0 Å². The standard InChI is InChI=1S/C22H21FN2O6S/c1-15(21(26)24-13-16-4-8-18(23)9-5-16)31-22(27)17-6-10-20(11-7-17)32(28,29)25-14-19-3-2-12-30-19/h2-12,15,25H,13-14H2,1H3,(H,24,26). The Labute approximate surface area is 184 Å². The molecule has 1 aromatic heterocycles. The van der Waals surface area contributed by atoms with Gasteiger partial charge in [0.1, 0.15) is 11.6 Å². The van der Waals surface area contributed by atoms with Crippen LogP contribution in [0.1, 0.15) is 28.6 Å². The molecule has 0 aliphatic rings. The zero-order chi connectivity index (χ0) is 23.1. The Hall–Kier alpha value is -3.50. The lowest BCUT2D eigenvalue weighted by Gasteiger charge is -2.14. The van der Waals surface area contributed by atoms with Crippen molar-refractivity contribution in [1.82, 2.24) is 10.0 Å². The van der Waals surface area contributed by atoms with Crippen LogP contribution in [0.2, 0.25) is 0 Å². The molecule has 0 radical (unpaired) electrons. The van der Waals surface area contributed by atoms with Gasteiger partial charge in [0.05, 0.1) is 23.3 Å². The first-order valence-electron chi connectivity index (χ1n) is 9.60. The van der Waals surface area contributed by atoms with Gasteiger partial charge in [-0.05, 0) is 61.0 Å². The van der Waals surface area contributed by atoms with Gasteiger partial charge in [-0.3, -0.25) is 4.79 Å². The second-order valence-electron chi connectivity index (χ2n) is 6.82. The van der Waals surface area contributed by atoms with Crippen molar-refractivity contribution in [3.63, 3.8) is 0 Å². The summed E-state index contributed by atoms with van der Waals surface area (Å²) in [5, 5.41) is 2.60. The Bertz CT molecular complexity index is 1160. The van der Waals surface area contributed by atoms with Gasteiger partial charge in [0.25, 0.3) is 5.91 Å². The third-order valence-electron chi connectivity index (χ3n) is 4.45. The molecule has 0 aliphatic heterocycles. The van der Waals surface area contributed by atoms with Crippen LogP contribution in [0.4, 0.5) is 4.39 Å². The molecule has 1 heterocycles. The maximum atomic E-state index is 12.9. The zero-order valence-electron chi connectivity index (χ0n) is 17.1. The van der Waals surface area contributed by atoms with Gasteiger partial charge in [0, 0.05) is 6.54 Å². The number of sulfonamides is 1. The van der Waals surface area contributed by atoms with E-state index in [1.165, 1.54) is 61.7 Å². The number of hydrogen-bond donors (Lipinski definition) is 2. The lowest BCUT2D eigenvalue weighted by atomic mass is 10.2. The maximum absolute atomic E-state index is 12.9. The molecule has 1 amide bonds. The SMILES string of the molecule is CC(OC(=O)c1ccc(S(=O)(=O)NCc2ccco2)cc1)C(=O)NCc1ccc(F)cc1. The van der Waals surface area contributed by atoms with Gasteiger partial charge in [-0.1, -0.05) is 12.1 Å². The normalized spacial score (nSPS) is 12.2. The first kappa shape index (κ1) is 23.2. The average Bonchev–Trinajstić information content (AvgIpc) is 3.31. The number of carbonyl (C=O) groups is 2. The molecule has 2 N–H and O–H groups in total. The van der Waals surface area contributed by atoms with Crippen LogP contribution in [-0.2, 0) is 32.6 Å². The number of hydrogen-bond acceptors (Lipinski definition) is 6. The second kappa shape index (κ2) is 10.2. The summed E-state index contributed by atoms with van der Waals surface area (Å²) >= 11 is 0. The highest BCUT2D eigenvalue weighted by Crippen LogP contribution is 2.13. The molecular formula is C22H21FN2O6S. The van der Waals surface area contributed by atoms with E-state index < -0.39 is 28.0 Å². The third kappa shape index (κ3) is 6.25. The summed E-state index contributed by atoms with van der Waals surface area (Å²) in [5.74, 6) is -1.22. The molecule has 10 heteroatoms. The number of rotatable bonds is 9. The molecule has 1 unspecified atom stereocenters. The fourth-order valence-corrected chi connectivity index (χ4v) is 3.64. The van der Waals surface area contributed by atoms with Crippen LogP contribution in [0.3, 0.4) is 0 Å². The molecule has 0 bridgehead atoms. The molecule has 32 heavy (non-hydrogen) atoms. The Morgan fingerprint density at radius 3 is 2.34 bits per heavy atom. The van der Waals surface area contributed by atoms with Gasteiger partial charge < -0.3 is 14.5 Å². The highest BCUT2D eigenvalue weighted by molar-refractivity contribution is 7.89. The molecule has 0 saturated heterocycles. The molecule has 0 fully saturated rings. The Morgan fingerprint density at radius 2 is 1.72 bits per heavy atom. The van der Waals surface area contributed by atoms with E-state index in [4.69, 9.17) is 9.15 Å². The number of benzene rings is 2. The predicted molar refractivity (Wildman–Crippen MR) is 112 cm³/mol. The lowest BCUT2D eigenvalue weighted by Crippen LogP contribution is -2.35. The second-order valence-corrected chi connectivity index (χ2v) is 8.59. The molecule has 3 rings (SSSR count). The van der Waals surface area contributed by atoms with Crippen molar-refractivity contribution < 1.29 is 31.6 Å². The molecule has 0 saturated carbocycles. The van der Waals surface area contributed by atoms with Crippen LogP contribution >= 0.6 is 0 Å². The van der Waals surface area contributed by atoms with E-state index in [0.717, 1.165) is 0 Å². The van der Waals surface area contributed by atoms with Gasteiger partial charge in [0.2, 0.25) is 10.0 Å². The van der Waals surface area contributed by atoms with Gasteiger partial charge in [0.15, 0.2) is 6.10 Å². The van der Waals surface area contributed by atoms with E-state index in [1.807, 2.05) is 0 Å². The molecule has 3 aromatic rings. The van der Waals surface area contributed by atoms with Crippen LogP contribution in [0.5, 0.6) is 0 Å². The Morgan fingerprint density at radius 1 is 1.03 bits per heavy atom. The summed E-state index contributed by atoms with van der Waals surface area (Å²) in [7, 11) is -3.80. The molecular weight excluding hydrogens is 439 g/mol. The van der Waals surface area contributed by atoms with E-state index in [2.05, 4.69) is 10.0 Å². The fourth-order valence-electron chi connectivity index (χ4n) is 2.65. The zero-order valence-corrected chi connectivity index (χ0v) is 17.9. The number of carbonyl (C=O) groups excluding carboxylic acids is 2. The average molecular weight is 460 g/mol. The quantitative estimate of drug-likeness (QED) is 0.475. The minimum absolute atomic E-state index is 0.0102. The highest BCUT2D eigenvalue weighted by atomic mass is 32.2. The van der Waals surface area contributed by atoms with Crippen LogP contribution in [-0.4, -0.2) is 26.4 Å². The van der Waals surface area contributed by atoms with Crippen LogP contribution < -0.4 is 10.0 Å². The van der Waals surface area contributed by atoms with E-state index in [9.17, 15) is 22.4 Å². The molecule has 2 aromatic carbocycles. The van der Waals surface area contributed by atoms with Crippen molar-refractivity contribution in [2.24, 2.45) is 0 Å². The molecule has 0 aliphatic carbocycles. The van der Waals surface area contributed by atoms with Crippen molar-refractivity contribution in [1.29, 1.82) is 0 Å². The smallest absolute Gasteiger partial charge is 0.338 e. The summed E-state index contributed by atoms with van der Waals surface area (Å²) in [5.41, 5.74) is 0.781. The van der Waals surface area contributed by atoms with Crippen molar-refractivity contribution in [3.05, 3.63) is 89.6 Å². The molecule has 168 valence electrons. The van der Waals surface area contributed by atoms with E-state index >= 15 is 0 Å². The van der Waals surface area contributed by atoms with Crippen LogP contribution in [0, 0.1) is 5.82 Å². The van der Waals surface area contributed by atoms with Crippen LogP contribution in [0.15, 0.2) is 76.2 Å². The minimum atomic E-state index is -3.80. The lowest BCUT2D eigenvalue weighted by molar-refractivity contribution is -0.129. The van der Waals surface area contributed by atoms with Crippen molar-refractivity contribution >= 4 is 21.9 Å². The Kier molecular flexibility index (Phi) is 7.39. The molecule has 8 nitrogen and oxygen atoms in total. The van der Waals surface area contributed by atoms with Gasteiger partial charge >= 0.3 is 5.97 Å². The highest BCUT2D eigenvalue weighted by Gasteiger charge is 2.20. The fraction of sp³-hybridized carbons (Fsp3) is 0.182. The summed E-state index contributed by atoms with van der Waals surface area (Å²) in [6.07, 6.45) is 0.356. The largest absolute Gasteiger partial charge is 0.468 e. The number of halogens is 1. The van der Waals surface area contributed by atoms with Crippen LogP contribution in [0.25, 0.3) is 0 Å². The van der Waals surface area contributed by atoms with E-state index in [-0.39, 0.29) is 29.4 Å². The monoisotopic (exact) mass is 460 g/mol. The topological polar surface area (TPSA) is 115 Å². The first-order valence-corrected chi connectivity index (χ1v) is 11.1. The summed E-state index contributed by atoms with van der Waals surface area (Å²) in [4.78, 5) is 24.4. The maximum Gasteiger partial charge on any atom is 0.338 e. The van der Waals surface area contributed by atoms with E-state index in [0.29, 0.717) is 11.3 Å². The van der Waals surface area contributed by atoms with Crippen molar-refractivity contribution in [2.75, 3.05) is 0 Å². The van der Waals surface area contributed by atoms with Gasteiger partial charge in [-0.2, -0.15) is 0 Å². The van der Waals surface area contributed by atoms with Crippen molar-refractivity contribution in [3.8, 4) is 0 Å². The number of amides is 1. The molecule has 0 spiro atoms. The Balaban J connectivity index is 1.53. The predicted octanol–water partition coefficient (Wildman–Crippen LogP) is 2.76. The number of ether oxygens (including phenoxy) is 1. The number of esters is 1. The summed E-state index contributed by atoms with van der Waals surface area (Å²) < 4.78 is 50.2. The number of nitrogens with one attached hydrogen (secondary N) is 2. The summed E-state index contributed by atoms with van der Waals surface area (Å²) in [6.45, 7) is 1.55. The third-order valence-corrected chi connectivity index (χ3v) is 5.87. The number of furan rings is 1. The summed E-state index contributed by atoms with van der Waals surface area (Å²) in [6, 6.07) is 14.0. The first-order chi connectivity index (χ1) is 15.2. The van der Waals surface area contributed by atoms with Gasteiger partial charge in [-0.15, -0.1) is 0 Å². The minimum Gasteiger partial charge on any atom is -0.468 e. The van der Waals surface area contributed by atoms with Gasteiger partial charge in [-0.25, -0.2) is 22.3 Å². The molecule has 1 atom stereocenters. The van der Waals surface area contributed by atoms with E-state index in [1.54, 1.807) is 12.1 Å².